The number of anilines is 2. The fourth-order valence-corrected chi connectivity index (χ4v) is 15.1. The largest absolute Gasteiger partial charge is 0.508 e. The third-order valence-electron chi connectivity index (χ3n) is 21.2. The third kappa shape index (κ3) is 18.3. The number of aromatic hydroxyl groups is 1. The monoisotopic (exact) mass is 1410 g/mol. The molecule has 19 nitrogen and oxygen atoms in total. The van der Waals surface area contributed by atoms with Crippen molar-refractivity contribution in [3.05, 3.63) is 146 Å². The molecule has 0 spiro atoms. The average molecular weight is 1410 g/mol. The number of Topliss-reactive ketones (excluding diaryl/α,β-unsaturated/α-hetero) is 2. The van der Waals surface area contributed by atoms with Crippen LogP contribution in [-0.4, -0.2) is 116 Å². The molecule has 0 saturated carbocycles. The predicted molar refractivity (Wildman–Crippen MR) is 398 cm³/mol. The lowest BCUT2D eigenvalue weighted by Crippen LogP contribution is -2.57. The lowest BCUT2D eigenvalue weighted by molar-refractivity contribution is -0.130. The van der Waals surface area contributed by atoms with Crippen LogP contribution in [0.25, 0.3) is 0 Å². The number of hydrogen-bond donors (Lipinski definition) is 3. The fourth-order valence-electron chi connectivity index (χ4n) is 12.6. The van der Waals surface area contributed by atoms with Gasteiger partial charge in [0.15, 0.2) is 40.7 Å². The molecular weight excluding hydrogens is 1300 g/mol. The summed E-state index contributed by atoms with van der Waals surface area (Å²) in [5, 5.41) is 16.2. The molecule has 4 aliphatic heterocycles. The Kier molecular flexibility index (Phi) is 25.5. The molecular formula is C79H112N6O13Si2. The van der Waals surface area contributed by atoms with Gasteiger partial charge >= 0.3 is 12.2 Å². The number of phenols is 1. The molecule has 21 heteroatoms. The molecule has 0 saturated heterocycles. The SMILES string of the molecule is CC[C@H](C(=O)N[C@@H](C)C(=O)Cc1ccc(COC(=O)N2c3cc(C)c(C)cc3C(=O)N3C=C(C)C[C@H]3[C@@H]2O[Si](C)(C)C(C)(C)C)cc1)C(C)C.CC[C@H](C(=O)N[C@@H](C)C(=O)Cc1ccc(COC(=O)N2c3cc(O)c(C)cc3C(=O)N3C=C(C)C[C@H]3[C@@H]2O[Si](C)(C)C(C)(C)C)cc1)C(C)C. The van der Waals surface area contributed by atoms with Crippen LogP contribution in [0.15, 0.2) is 96.3 Å². The number of carbonyl (C=O) groups excluding carboxylic acids is 8. The maximum atomic E-state index is 14.3. The molecule has 544 valence electrons. The molecule has 0 aliphatic carbocycles. The molecule has 8 rings (SSSR count). The minimum absolute atomic E-state index is 0.00375. The normalized spacial score (nSPS) is 19.0. The second-order valence-corrected chi connectivity index (χ2v) is 41.3. The summed E-state index contributed by atoms with van der Waals surface area (Å²) in [6.07, 6.45) is 3.66. The van der Waals surface area contributed by atoms with Crippen molar-refractivity contribution in [2.75, 3.05) is 9.80 Å². The lowest BCUT2D eigenvalue weighted by atomic mass is 9.92. The van der Waals surface area contributed by atoms with Gasteiger partial charge in [-0.1, -0.05) is 143 Å². The van der Waals surface area contributed by atoms with Gasteiger partial charge in [0, 0.05) is 43.1 Å². The van der Waals surface area contributed by atoms with Gasteiger partial charge in [-0.15, -0.1) is 0 Å². The first-order valence-corrected chi connectivity index (χ1v) is 41.4. The average Bonchev–Trinajstić information content (AvgIpc) is 1.56. The summed E-state index contributed by atoms with van der Waals surface area (Å²) in [5.41, 5.74) is 8.97. The van der Waals surface area contributed by atoms with Crippen LogP contribution in [0.3, 0.4) is 0 Å². The first-order valence-electron chi connectivity index (χ1n) is 35.5. The lowest BCUT2D eigenvalue weighted by Gasteiger charge is -2.44. The van der Waals surface area contributed by atoms with Crippen LogP contribution in [0.4, 0.5) is 21.0 Å². The minimum atomic E-state index is -2.51. The molecule has 0 radical (unpaired) electrons. The van der Waals surface area contributed by atoms with E-state index in [0.717, 1.165) is 45.4 Å². The van der Waals surface area contributed by atoms with Crippen LogP contribution >= 0.6 is 0 Å². The number of aryl methyl sites for hydroxylation is 3. The van der Waals surface area contributed by atoms with Crippen LogP contribution in [0.2, 0.25) is 36.3 Å². The molecule has 4 aromatic carbocycles. The molecule has 0 bridgehead atoms. The van der Waals surface area contributed by atoms with Crippen molar-refractivity contribution in [3.63, 3.8) is 0 Å². The summed E-state index contributed by atoms with van der Waals surface area (Å²) >= 11 is 0. The van der Waals surface area contributed by atoms with Crippen molar-refractivity contribution in [3.8, 4) is 5.75 Å². The number of hydrogen-bond acceptors (Lipinski definition) is 13. The zero-order chi connectivity index (χ0) is 74.6. The molecule has 6 amide bonds. The quantitative estimate of drug-likeness (QED) is 0.0623. The third-order valence-corrected chi connectivity index (χ3v) is 30.1. The van der Waals surface area contributed by atoms with Crippen LogP contribution in [0, 0.1) is 44.4 Å². The van der Waals surface area contributed by atoms with Crippen LogP contribution in [-0.2, 0) is 63.6 Å². The van der Waals surface area contributed by atoms with Crippen molar-refractivity contribution in [2.45, 2.75) is 256 Å². The number of ether oxygens (including phenoxy) is 2. The summed E-state index contributed by atoms with van der Waals surface area (Å²) < 4.78 is 26.0. The molecule has 4 heterocycles. The van der Waals surface area contributed by atoms with Crippen molar-refractivity contribution in [2.24, 2.45) is 23.7 Å². The van der Waals surface area contributed by atoms with Gasteiger partial charge in [0.05, 0.1) is 46.7 Å². The Balaban J connectivity index is 0.000000281. The van der Waals surface area contributed by atoms with Crippen molar-refractivity contribution in [1.82, 2.24) is 20.4 Å². The summed E-state index contributed by atoms with van der Waals surface area (Å²) in [7, 11) is -4.96. The molecule has 8 atom stereocenters. The zero-order valence-electron chi connectivity index (χ0n) is 63.6. The van der Waals surface area contributed by atoms with Gasteiger partial charge in [-0.2, -0.15) is 0 Å². The number of carbonyl (C=O) groups is 8. The first kappa shape index (κ1) is 79.6. The number of rotatable bonds is 22. The predicted octanol–water partition coefficient (Wildman–Crippen LogP) is 15.8. The smallest absolute Gasteiger partial charge is 0.416 e. The topological polar surface area (TPSA) is 231 Å². The van der Waals surface area contributed by atoms with Gasteiger partial charge < -0.3 is 43.9 Å². The van der Waals surface area contributed by atoms with Gasteiger partial charge in [-0.25, -0.2) is 19.4 Å². The Morgan fingerprint density at radius 3 is 1.19 bits per heavy atom. The van der Waals surface area contributed by atoms with E-state index in [1.54, 1.807) is 53.7 Å². The Hall–Kier alpha value is -7.73. The zero-order valence-corrected chi connectivity index (χ0v) is 65.6. The van der Waals surface area contributed by atoms with E-state index in [1.807, 2.05) is 130 Å². The Bertz CT molecular complexity index is 3530. The van der Waals surface area contributed by atoms with E-state index in [9.17, 15) is 43.5 Å². The molecule has 0 unspecified atom stereocenters. The summed E-state index contributed by atoms with van der Waals surface area (Å²) in [6, 6.07) is 19.3. The number of amides is 6. The van der Waals surface area contributed by atoms with E-state index in [0.29, 0.717) is 41.6 Å². The Morgan fingerprint density at radius 1 is 0.520 bits per heavy atom. The van der Waals surface area contributed by atoms with Gasteiger partial charge in [0.1, 0.15) is 19.0 Å². The van der Waals surface area contributed by atoms with Crippen molar-refractivity contribution < 1.29 is 61.8 Å². The van der Waals surface area contributed by atoms with E-state index < -0.39 is 65.4 Å². The second kappa shape index (κ2) is 32.1. The number of phenolic OH excluding ortho intramolecular Hbond substituents is 1. The highest BCUT2D eigenvalue weighted by atomic mass is 28.4. The summed E-state index contributed by atoms with van der Waals surface area (Å²) in [4.78, 5) is 114. The van der Waals surface area contributed by atoms with E-state index in [1.165, 1.54) is 11.0 Å². The highest BCUT2D eigenvalue weighted by Gasteiger charge is 2.53. The van der Waals surface area contributed by atoms with E-state index >= 15 is 0 Å². The molecule has 0 aromatic heterocycles. The van der Waals surface area contributed by atoms with Crippen LogP contribution in [0.5, 0.6) is 5.75 Å². The van der Waals surface area contributed by atoms with Crippen LogP contribution < -0.4 is 20.4 Å². The van der Waals surface area contributed by atoms with Gasteiger partial charge in [-0.05, 0) is 179 Å². The first-order chi connectivity index (χ1) is 46.5. The number of nitrogens with zero attached hydrogens (tertiary/aromatic N) is 4. The van der Waals surface area contributed by atoms with Gasteiger partial charge in [-0.3, -0.25) is 28.8 Å². The molecule has 100 heavy (non-hydrogen) atoms. The number of benzene rings is 4. The number of fused-ring (bicyclic) bond motifs is 4. The van der Waals surface area contributed by atoms with E-state index in [2.05, 4.69) is 78.4 Å². The van der Waals surface area contributed by atoms with Crippen molar-refractivity contribution >= 4 is 75.4 Å². The van der Waals surface area contributed by atoms with E-state index in [-0.39, 0.29) is 112 Å². The molecule has 3 N–H and O–H groups in total. The van der Waals surface area contributed by atoms with Crippen LogP contribution in [0.1, 0.15) is 196 Å². The van der Waals surface area contributed by atoms with Crippen molar-refractivity contribution in [1.29, 1.82) is 0 Å². The molecule has 0 fully saturated rings. The maximum absolute atomic E-state index is 14.3. The minimum Gasteiger partial charge on any atom is -0.508 e. The second-order valence-electron chi connectivity index (χ2n) is 31.8. The Morgan fingerprint density at radius 2 is 0.850 bits per heavy atom. The highest BCUT2D eigenvalue weighted by molar-refractivity contribution is 6.74. The standard InChI is InChI=1S/C40H57N3O6Si.C39H55N3O7Si/c1-13-31(24(2)3)36(45)41-28(7)35(44)21-29-14-16-30(17-15-29)23-48-39(47)43-33-20-27(6)26(5)19-32(33)37(46)42-22-25(4)18-34(42)38(43)49-50(11,12)40(8,9)10;1-12-29(23(2)3)35(45)40-26(6)34(44)19-27-13-15-28(16-14-27)22-48-38(47)42-31-20-33(43)25(5)18-30(31)36(46)41-21-24(4)17-32(41)37(42)49-50(10,11)39(7,8)9/h14-17,19-20,22,24,28,31,34,38H,13,18,21,23H2,1-12H3,(H,41,45);13-16,18,20-21,23,26,29,32,37,43H,12,17,19,22H2,1-11H3,(H,40,45)/t28-,31-,34-,38-;26-,29-,32-,37-/m00/s1. The summed E-state index contributed by atoms with van der Waals surface area (Å²) in [5.74, 6) is -0.726. The Labute approximate surface area is 596 Å². The van der Waals surface area contributed by atoms with Gasteiger partial charge in [0.25, 0.3) is 11.8 Å². The van der Waals surface area contributed by atoms with E-state index in [4.69, 9.17) is 18.3 Å². The maximum Gasteiger partial charge on any atom is 0.416 e. The fraction of sp³-hybridized carbons (Fsp3) is 0.544. The number of nitrogens with one attached hydrogen (secondary N) is 2. The highest BCUT2D eigenvalue weighted by Crippen LogP contribution is 2.46. The molecule has 4 aliphatic rings. The summed E-state index contributed by atoms with van der Waals surface area (Å²) in [6.45, 7) is 46.3. The number of ketones is 2. The van der Waals surface area contributed by atoms with Gasteiger partial charge in [0.2, 0.25) is 11.8 Å². The molecule has 4 aromatic rings.